The van der Waals surface area contributed by atoms with E-state index in [0.29, 0.717) is 12.5 Å². The molecule has 1 saturated heterocycles. The lowest BCUT2D eigenvalue weighted by atomic mass is 9.50. The second-order valence-corrected chi connectivity index (χ2v) is 7.24. The topological polar surface area (TPSA) is 58.4 Å². The molecule has 4 saturated carbocycles. The molecule has 1 atom stereocenters. The molecule has 5 rings (SSSR count). The number of amides is 2. The van der Waals surface area contributed by atoms with Gasteiger partial charge in [0, 0.05) is 25.7 Å². The third kappa shape index (κ3) is 1.79. The average molecular weight is 263 g/mol. The van der Waals surface area contributed by atoms with Gasteiger partial charge in [-0.2, -0.15) is 0 Å². The van der Waals surface area contributed by atoms with Gasteiger partial charge in [0.1, 0.15) is 0 Å². The number of carbonyl (C=O) groups is 1. The number of hydrogen-bond acceptors (Lipinski definition) is 2. The summed E-state index contributed by atoms with van der Waals surface area (Å²) < 4.78 is 0. The Balaban J connectivity index is 1.58. The summed E-state index contributed by atoms with van der Waals surface area (Å²) in [5.74, 6) is 4.35. The Morgan fingerprint density at radius 2 is 1.79 bits per heavy atom. The molecule has 5 fully saturated rings. The van der Waals surface area contributed by atoms with Crippen molar-refractivity contribution in [1.29, 1.82) is 0 Å². The van der Waals surface area contributed by atoms with Crippen molar-refractivity contribution in [2.24, 2.45) is 35.3 Å². The van der Waals surface area contributed by atoms with Crippen molar-refractivity contribution in [3.8, 4) is 0 Å². The predicted molar refractivity (Wildman–Crippen MR) is 73.5 cm³/mol. The van der Waals surface area contributed by atoms with Crippen LogP contribution in [0.5, 0.6) is 0 Å². The van der Waals surface area contributed by atoms with Gasteiger partial charge in [-0.3, -0.25) is 0 Å². The number of rotatable bonds is 3. The molecule has 1 unspecified atom stereocenters. The molecule has 19 heavy (non-hydrogen) atoms. The molecule has 0 aromatic heterocycles. The van der Waals surface area contributed by atoms with Gasteiger partial charge < -0.3 is 16.0 Å². The van der Waals surface area contributed by atoms with Crippen molar-refractivity contribution in [2.45, 2.75) is 38.1 Å². The van der Waals surface area contributed by atoms with Crippen molar-refractivity contribution in [1.82, 2.24) is 10.2 Å². The standard InChI is InChI=1S/C15H25N3O/c16-8-13(18-2-1-17-15(18)19)14-11-4-9-3-10(6-11)7-12(14)5-9/h9-14H,1-8,16H2,(H,17,19). The van der Waals surface area contributed by atoms with E-state index < -0.39 is 0 Å². The molecule has 2 amide bonds. The summed E-state index contributed by atoms with van der Waals surface area (Å²) in [6, 6.07) is 0.404. The zero-order valence-corrected chi connectivity index (χ0v) is 11.6. The first kappa shape index (κ1) is 12.0. The molecule has 0 aromatic carbocycles. The number of urea groups is 1. The highest BCUT2D eigenvalue weighted by atomic mass is 16.2. The van der Waals surface area contributed by atoms with Crippen LogP contribution < -0.4 is 11.1 Å². The maximum absolute atomic E-state index is 12.0. The van der Waals surface area contributed by atoms with Crippen molar-refractivity contribution >= 4 is 6.03 Å². The van der Waals surface area contributed by atoms with Crippen molar-refractivity contribution in [3.63, 3.8) is 0 Å². The Bertz CT molecular complexity index is 356. The summed E-state index contributed by atoms with van der Waals surface area (Å²) in [6.45, 7) is 2.28. The maximum Gasteiger partial charge on any atom is 0.317 e. The first-order chi connectivity index (χ1) is 9.26. The molecular formula is C15H25N3O. The zero-order valence-electron chi connectivity index (χ0n) is 11.6. The van der Waals surface area contributed by atoms with Crippen LogP contribution in [0.15, 0.2) is 0 Å². The summed E-state index contributed by atoms with van der Waals surface area (Å²) in [7, 11) is 0. The second-order valence-electron chi connectivity index (χ2n) is 7.24. The largest absolute Gasteiger partial charge is 0.336 e. The van der Waals surface area contributed by atoms with E-state index in [1.165, 1.54) is 32.1 Å². The number of nitrogens with one attached hydrogen (secondary N) is 1. The van der Waals surface area contributed by atoms with Gasteiger partial charge in [-0.05, 0) is 61.7 Å². The molecule has 4 nitrogen and oxygen atoms in total. The van der Waals surface area contributed by atoms with Gasteiger partial charge in [-0.15, -0.1) is 0 Å². The minimum absolute atomic E-state index is 0.115. The van der Waals surface area contributed by atoms with Crippen LogP contribution in [-0.4, -0.2) is 36.6 Å². The summed E-state index contributed by atoms with van der Waals surface area (Å²) in [5, 5.41) is 2.94. The van der Waals surface area contributed by atoms with Crippen LogP contribution in [0, 0.1) is 29.6 Å². The zero-order chi connectivity index (χ0) is 13.0. The van der Waals surface area contributed by atoms with Gasteiger partial charge in [0.05, 0.1) is 0 Å². The molecular weight excluding hydrogens is 238 g/mol. The van der Waals surface area contributed by atoms with Gasteiger partial charge in [-0.25, -0.2) is 4.79 Å². The Morgan fingerprint density at radius 1 is 1.16 bits per heavy atom. The normalized spacial score (nSPS) is 45.6. The first-order valence-electron chi connectivity index (χ1n) is 8.00. The number of carbonyl (C=O) groups excluding carboxylic acids is 1. The number of hydrogen-bond donors (Lipinski definition) is 2. The fourth-order valence-electron chi connectivity index (χ4n) is 5.89. The maximum atomic E-state index is 12.0. The fraction of sp³-hybridized carbons (Fsp3) is 0.933. The summed E-state index contributed by atoms with van der Waals surface area (Å²) >= 11 is 0. The number of nitrogens with two attached hydrogens (primary N) is 1. The highest BCUT2D eigenvalue weighted by Gasteiger charge is 2.52. The Hall–Kier alpha value is -0.770. The van der Waals surface area contributed by atoms with Gasteiger partial charge in [0.2, 0.25) is 0 Å². The number of nitrogens with zero attached hydrogens (tertiary/aromatic N) is 1. The van der Waals surface area contributed by atoms with E-state index in [1.807, 2.05) is 4.90 Å². The highest BCUT2D eigenvalue weighted by molar-refractivity contribution is 5.76. The Morgan fingerprint density at radius 3 is 2.26 bits per heavy atom. The fourth-order valence-corrected chi connectivity index (χ4v) is 5.89. The van der Waals surface area contributed by atoms with Crippen LogP contribution >= 0.6 is 0 Å². The van der Waals surface area contributed by atoms with Crippen LogP contribution in [0.1, 0.15) is 32.1 Å². The molecule has 106 valence electrons. The Labute approximate surface area is 115 Å². The van der Waals surface area contributed by atoms with Gasteiger partial charge in [0.25, 0.3) is 0 Å². The van der Waals surface area contributed by atoms with Crippen LogP contribution in [-0.2, 0) is 0 Å². The minimum atomic E-state index is 0.115. The molecule has 0 radical (unpaired) electrons. The van der Waals surface area contributed by atoms with Crippen LogP contribution in [0.2, 0.25) is 0 Å². The van der Waals surface area contributed by atoms with Gasteiger partial charge >= 0.3 is 6.03 Å². The van der Waals surface area contributed by atoms with E-state index in [-0.39, 0.29) is 12.1 Å². The molecule has 0 aromatic rings. The molecule has 3 N–H and O–H groups in total. The molecule has 4 aliphatic carbocycles. The van der Waals surface area contributed by atoms with E-state index in [1.54, 1.807) is 0 Å². The second kappa shape index (κ2) is 4.37. The average Bonchev–Trinajstić information content (AvgIpc) is 2.79. The molecule has 5 aliphatic rings. The molecule has 4 bridgehead atoms. The molecule has 4 heteroatoms. The molecule has 1 aliphatic heterocycles. The monoisotopic (exact) mass is 263 g/mol. The third-order valence-electron chi connectivity index (χ3n) is 6.28. The molecule has 1 heterocycles. The van der Waals surface area contributed by atoms with E-state index in [4.69, 9.17) is 5.73 Å². The van der Waals surface area contributed by atoms with E-state index in [9.17, 15) is 4.79 Å². The van der Waals surface area contributed by atoms with E-state index >= 15 is 0 Å². The van der Waals surface area contributed by atoms with Crippen LogP contribution in [0.25, 0.3) is 0 Å². The third-order valence-corrected chi connectivity index (χ3v) is 6.28. The van der Waals surface area contributed by atoms with Crippen molar-refractivity contribution in [2.75, 3.05) is 19.6 Å². The minimum Gasteiger partial charge on any atom is -0.336 e. The lowest BCUT2D eigenvalue weighted by Crippen LogP contribution is -2.57. The van der Waals surface area contributed by atoms with Crippen LogP contribution in [0.4, 0.5) is 4.79 Å². The van der Waals surface area contributed by atoms with Crippen molar-refractivity contribution < 1.29 is 4.79 Å². The molecule has 0 spiro atoms. The van der Waals surface area contributed by atoms with Gasteiger partial charge in [-0.1, -0.05) is 0 Å². The SMILES string of the molecule is NCC(C1C2CC3CC(C2)CC1C3)N1CCNC1=O. The van der Waals surface area contributed by atoms with E-state index in [0.717, 1.165) is 36.8 Å². The summed E-state index contributed by atoms with van der Waals surface area (Å²) in [4.78, 5) is 14.0. The quantitative estimate of drug-likeness (QED) is 0.809. The lowest BCUT2D eigenvalue weighted by Gasteiger charge is -2.57. The van der Waals surface area contributed by atoms with Crippen LogP contribution in [0.3, 0.4) is 0 Å². The van der Waals surface area contributed by atoms with E-state index in [2.05, 4.69) is 5.32 Å². The summed E-state index contributed by atoms with van der Waals surface area (Å²) in [6.07, 6.45) is 7.11. The van der Waals surface area contributed by atoms with Crippen molar-refractivity contribution in [3.05, 3.63) is 0 Å². The summed E-state index contributed by atoms with van der Waals surface area (Å²) in [5.41, 5.74) is 6.07. The lowest BCUT2D eigenvalue weighted by molar-refractivity contribution is -0.0635. The smallest absolute Gasteiger partial charge is 0.317 e. The van der Waals surface area contributed by atoms with Gasteiger partial charge in [0.15, 0.2) is 0 Å². The Kier molecular flexibility index (Phi) is 2.76. The first-order valence-corrected chi connectivity index (χ1v) is 8.00. The predicted octanol–water partition coefficient (Wildman–Crippen LogP) is 1.41. The highest BCUT2D eigenvalue weighted by Crippen LogP contribution is 2.57.